The van der Waals surface area contributed by atoms with Gasteiger partial charge in [-0.05, 0) is 12.1 Å². The molecule has 0 aromatic heterocycles. The van der Waals surface area contributed by atoms with Gasteiger partial charge in [0, 0.05) is 19.7 Å². The molecule has 7 nitrogen and oxygen atoms in total. The molecule has 1 atom stereocenters. The number of carbonyl (C=O) groups excluding carboxylic acids is 2. The van der Waals surface area contributed by atoms with Crippen molar-refractivity contribution in [2.24, 2.45) is 0 Å². The summed E-state index contributed by atoms with van der Waals surface area (Å²) in [5.74, 6) is -1.21. The molecular weight excluding hydrogens is 356 g/mol. The molecule has 138 valence electrons. The highest BCUT2D eigenvalue weighted by Gasteiger charge is 2.28. The van der Waals surface area contributed by atoms with Crippen molar-refractivity contribution in [2.45, 2.75) is 6.10 Å². The predicted molar refractivity (Wildman–Crippen MR) is 98.2 cm³/mol. The van der Waals surface area contributed by atoms with Crippen LogP contribution in [0.15, 0.2) is 54.6 Å². The van der Waals surface area contributed by atoms with Crippen molar-refractivity contribution >= 4 is 27.6 Å². The highest BCUT2D eigenvalue weighted by molar-refractivity contribution is 7.92. The topological polar surface area (TPSA) is 92.8 Å². The van der Waals surface area contributed by atoms with Crippen LogP contribution >= 0.6 is 0 Å². The van der Waals surface area contributed by atoms with Gasteiger partial charge < -0.3 is 9.64 Å². The third-order valence-corrected chi connectivity index (χ3v) is 4.03. The fourth-order valence-corrected chi connectivity index (χ4v) is 2.82. The van der Waals surface area contributed by atoms with Crippen LogP contribution in [0.4, 0.5) is 5.69 Å². The smallest absolute Gasteiger partial charge is 0.341 e. The van der Waals surface area contributed by atoms with Crippen molar-refractivity contribution in [2.75, 3.05) is 25.1 Å². The second-order valence-electron chi connectivity index (χ2n) is 5.85. The zero-order chi connectivity index (χ0) is 19.3. The van der Waals surface area contributed by atoms with E-state index in [0.717, 1.165) is 6.26 Å². The molecule has 0 aliphatic heterocycles. The maximum absolute atomic E-state index is 12.6. The predicted octanol–water partition coefficient (Wildman–Crippen LogP) is 2.04. The normalized spacial score (nSPS) is 12.1. The molecule has 2 rings (SSSR count). The van der Waals surface area contributed by atoms with Crippen LogP contribution in [0.25, 0.3) is 0 Å². The number of amides is 1. The first kappa shape index (κ1) is 19.5. The average Bonchev–Trinajstić information content (AvgIpc) is 2.58. The number of esters is 1. The number of likely N-dealkylation sites (N-methyl/N-ethyl adjacent to an activating group) is 1. The fraction of sp³-hybridized carbons (Fsp3) is 0.222. The van der Waals surface area contributed by atoms with Gasteiger partial charge in [-0.25, -0.2) is 13.2 Å². The lowest BCUT2D eigenvalue weighted by atomic mass is 10.1. The van der Waals surface area contributed by atoms with Crippen molar-refractivity contribution < 1.29 is 22.7 Å². The molecule has 0 saturated carbocycles. The van der Waals surface area contributed by atoms with E-state index in [1.165, 1.54) is 17.0 Å². The SMILES string of the molecule is CN(C)C(=O)[C@@H](OC(=O)c1ccccc1NS(C)(=O)=O)c1ccccc1. The highest BCUT2D eigenvalue weighted by atomic mass is 32.2. The minimum atomic E-state index is -3.58. The lowest BCUT2D eigenvalue weighted by molar-refractivity contribution is -0.138. The van der Waals surface area contributed by atoms with E-state index in [0.29, 0.717) is 5.56 Å². The first-order valence-electron chi connectivity index (χ1n) is 7.73. The Morgan fingerprint density at radius 2 is 1.58 bits per heavy atom. The molecule has 1 N–H and O–H groups in total. The molecule has 2 aromatic rings. The summed E-state index contributed by atoms with van der Waals surface area (Å²) in [7, 11) is -0.455. The van der Waals surface area contributed by atoms with Crippen LogP contribution in [-0.4, -0.2) is 45.5 Å². The number of hydrogen-bond donors (Lipinski definition) is 1. The number of sulfonamides is 1. The Bertz CT molecular complexity index is 895. The maximum Gasteiger partial charge on any atom is 0.341 e. The molecule has 0 aliphatic rings. The van der Waals surface area contributed by atoms with Crippen LogP contribution in [-0.2, 0) is 19.6 Å². The molecule has 1 amide bonds. The van der Waals surface area contributed by atoms with Crippen molar-refractivity contribution in [1.82, 2.24) is 4.90 Å². The Balaban J connectivity index is 2.35. The van der Waals surface area contributed by atoms with Gasteiger partial charge in [-0.3, -0.25) is 9.52 Å². The van der Waals surface area contributed by atoms with Gasteiger partial charge in [0.05, 0.1) is 17.5 Å². The third-order valence-electron chi connectivity index (χ3n) is 3.43. The number of carbonyl (C=O) groups is 2. The summed E-state index contributed by atoms with van der Waals surface area (Å²) >= 11 is 0. The average molecular weight is 376 g/mol. The minimum absolute atomic E-state index is 0.0189. The zero-order valence-electron chi connectivity index (χ0n) is 14.7. The molecule has 0 saturated heterocycles. The molecule has 8 heteroatoms. The third kappa shape index (κ3) is 5.06. The van der Waals surface area contributed by atoms with E-state index in [9.17, 15) is 18.0 Å². The van der Waals surface area contributed by atoms with E-state index in [1.54, 1.807) is 56.6 Å². The molecule has 0 heterocycles. The molecule has 26 heavy (non-hydrogen) atoms. The largest absolute Gasteiger partial charge is 0.444 e. The Hall–Kier alpha value is -2.87. The van der Waals surface area contributed by atoms with Gasteiger partial charge in [0.1, 0.15) is 0 Å². The number of anilines is 1. The van der Waals surface area contributed by atoms with E-state index in [-0.39, 0.29) is 11.3 Å². The number of para-hydroxylation sites is 1. The van der Waals surface area contributed by atoms with Gasteiger partial charge >= 0.3 is 5.97 Å². The lowest BCUT2D eigenvalue weighted by Gasteiger charge is -2.21. The van der Waals surface area contributed by atoms with Crippen LogP contribution in [0.2, 0.25) is 0 Å². The van der Waals surface area contributed by atoms with Crippen molar-refractivity contribution in [3.63, 3.8) is 0 Å². The molecule has 0 fully saturated rings. The van der Waals surface area contributed by atoms with Crippen LogP contribution in [0.3, 0.4) is 0 Å². The summed E-state index contributed by atoms with van der Waals surface area (Å²) in [4.78, 5) is 26.4. The van der Waals surface area contributed by atoms with Crippen LogP contribution < -0.4 is 4.72 Å². The van der Waals surface area contributed by atoms with Crippen molar-refractivity contribution in [1.29, 1.82) is 0 Å². The molecule has 0 spiro atoms. The number of ether oxygens (including phenoxy) is 1. The van der Waals surface area contributed by atoms with Gasteiger partial charge in [0.15, 0.2) is 0 Å². The number of benzene rings is 2. The summed E-state index contributed by atoms with van der Waals surface area (Å²) in [6.07, 6.45) is -0.151. The Labute approximate surface area is 152 Å². The first-order chi connectivity index (χ1) is 12.2. The minimum Gasteiger partial charge on any atom is -0.444 e. The summed E-state index contributed by atoms with van der Waals surface area (Å²) in [6.45, 7) is 0. The highest BCUT2D eigenvalue weighted by Crippen LogP contribution is 2.24. The summed E-state index contributed by atoms with van der Waals surface area (Å²) < 4.78 is 30.7. The second kappa shape index (κ2) is 8.01. The van der Waals surface area contributed by atoms with E-state index in [4.69, 9.17) is 4.74 Å². The van der Waals surface area contributed by atoms with Gasteiger partial charge in [-0.15, -0.1) is 0 Å². The van der Waals surface area contributed by atoms with Gasteiger partial charge in [0.25, 0.3) is 5.91 Å². The molecule has 0 radical (unpaired) electrons. The molecule has 0 aliphatic carbocycles. The van der Waals surface area contributed by atoms with E-state index in [1.807, 2.05) is 0 Å². The number of rotatable bonds is 6. The molecule has 0 unspecified atom stereocenters. The second-order valence-corrected chi connectivity index (χ2v) is 7.60. The van der Waals surface area contributed by atoms with Crippen molar-refractivity contribution in [3.05, 3.63) is 65.7 Å². The quantitative estimate of drug-likeness (QED) is 0.779. The fourth-order valence-electron chi connectivity index (χ4n) is 2.24. The number of nitrogens with zero attached hydrogens (tertiary/aromatic N) is 1. The van der Waals surface area contributed by atoms with Gasteiger partial charge in [-0.2, -0.15) is 0 Å². The van der Waals surface area contributed by atoms with E-state index < -0.39 is 28.0 Å². The summed E-state index contributed by atoms with van der Waals surface area (Å²) in [5, 5.41) is 0. The van der Waals surface area contributed by atoms with Gasteiger partial charge in [0.2, 0.25) is 16.1 Å². The summed E-state index contributed by atoms with van der Waals surface area (Å²) in [5.41, 5.74) is 0.627. The monoisotopic (exact) mass is 376 g/mol. The number of hydrogen-bond acceptors (Lipinski definition) is 5. The van der Waals surface area contributed by atoms with Crippen LogP contribution in [0.5, 0.6) is 0 Å². The van der Waals surface area contributed by atoms with Crippen molar-refractivity contribution in [3.8, 4) is 0 Å². The summed E-state index contributed by atoms with van der Waals surface area (Å²) in [6, 6.07) is 14.7. The maximum atomic E-state index is 12.6. The Kier molecular flexibility index (Phi) is 5.99. The van der Waals surface area contributed by atoms with Crippen LogP contribution in [0, 0.1) is 0 Å². The van der Waals surface area contributed by atoms with Gasteiger partial charge in [-0.1, -0.05) is 42.5 Å². The number of nitrogens with one attached hydrogen (secondary N) is 1. The molecule has 2 aromatic carbocycles. The lowest BCUT2D eigenvalue weighted by Crippen LogP contribution is -2.31. The first-order valence-corrected chi connectivity index (χ1v) is 9.62. The van der Waals surface area contributed by atoms with Crippen LogP contribution in [0.1, 0.15) is 22.0 Å². The standard InChI is InChI=1S/C18H20N2O5S/c1-20(2)17(21)16(13-9-5-4-6-10-13)25-18(22)14-11-7-8-12-15(14)19-26(3,23)24/h4-12,16,19H,1-3H3/t16-/m0/s1. The Morgan fingerprint density at radius 1 is 1.00 bits per heavy atom. The Morgan fingerprint density at radius 3 is 2.15 bits per heavy atom. The molecular formula is C18H20N2O5S. The van der Waals surface area contributed by atoms with E-state index in [2.05, 4.69) is 4.72 Å². The van der Waals surface area contributed by atoms with E-state index >= 15 is 0 Å². The molecule has 0 bridgehead atoms. The zero-order valence-corrected chi connectivity index (χ0v) is 15.5.